The third kappa shape index (κ3) is 4.18. The average molecular weight is 214 g/mol. The molecule has 1 saturated heterocycles. The highest BCUT2D eigenvalue weighted by Crippen LogP contribution is 2.20. The van der Waals surface area contributed by atoms with Crippen LogP contribution in [0.3, 0.4) is 0 Å². The van der Waals surface area contributed by atoms with Gasteiger partial charge in [0, 0.05) is 19.6 Å². The van der Waals surface area contributed by atoms with Crippen molar-refractivity contribution < 1.29 is 9.53 Å². The zero-order valence-corrected chi connectivity index (χ0v) is 9.74. The van der Waals surface area contributed by atoms with Crippen LogP contribution in [0, 0.1) is 11.8 Å². The summed E-state index contributed by atoms with van der Waals surface area (Å²) in [6.07, 6.45) is 1.22. The number of carbonyl (C=O) groups excluding carboxylic acids is 1. The number of piperidine rings is 1. The van der Waals surface area contributed by atoms with Gasteiger partial charge in [-0.3, -0.25) is 4.79 Å². The summed E-state index contributed by atoms with van der Waals surface area (Å²) in [5.74, 6) is 1.31. The number of ether oxygens (including phenoxy) is 1. The van der Waals surface area contributed by atoms with Crippen LogP contribution in [-0.2, 0) is 9.53 Å². The largest absolute Gasteiger partial charge is 0.370 e. The number of hydrogen-bond acceptors (Lipinski definition) is 3. The van der Waals surface area contributed by atoms with Gasteiger partial charge >= 0.3 is 0 Å². The molecule has 0 aromatic carbocycles. The van der Waals surface area contributed by atoms with Crippen molar-refractivity contribution in [3.05, 3.63) is 0 Å². The molecule has 2 unspecified atom stereocenters. The van der Waals surface area contributed by atoms with Crippen LogP contribution in [0.25, 0.3) is 0 Å². The molecule has 4 heteroatoms. The van der Waals surface area contributed by atoms with E-state index in [1.165, 1.54) is 6.42 Å². The van der Waals surface area contributed by atoms with Crippen molar-refractivity contribution in [3.8, 4) is 0 Å². The third-order valence-electron chi connectivity index (χ3n) is 2.71. The van der Waals surface area contributed by atoms with Gasteiger partial charge in [-0.25, -0.2) is 0 Å². The summed E-state index contributed by atoms with van der Waals surface area (Å²) < 4.78 is 5.15. The maximum absolute atomic E-state index is 11.7. The Morgan fingerprint density at radius 1 is 1.40 bits per heavy atom. The second-order valence-electron chi connectivity index (χ2n) is 4.59. The van der Waals surface area contributed by atoms with Gasteiger partial charge in [-0.05, 0) is 18.3 Å². The van der Waals surface area contributed by atoms with Crippen molar-refractivity contribution in [2.75, 3.05) is 32.8 Å². The highest BCUT2D eigenvalue weighted by molar-refractivity contribution is 5.77. The summed E-state index contributed by atoms with van der Waals surface area (Å²) in [6, 6.07) is 0. The average Bonchev–Trinajstić information content (AvgIpc) is 2.16. The predicted octanol–water partition coefficient (Wildman–Crippen LogP) is 0.466. The van der Waals surface area contributed by atoms with Crippen LogP contribution >= 0.6 is 0 Å². The SMILES string of the molecule is CC1CC(C)CN(C(=O)COCCN)C1. The van der Waals surface area contributed by atoms with Gasteiger partial charge in [0.1, 0.15) is 6.61 Å². The Bertz CT molecular complexity index is 199. The Balaban J connectivity index is 2.31. The summed E-state index contributed by atoms with van der Waals surface area (Å²) in [6.45, 7) is 7.24. The number of hydrogen-bond donors (Lipinski definition) is 1. The van der Waals surface area contributed by atoms with E-state index in [9.17, 15) is 4.79 Å². The van der Waals surface area contributed by atoms with E-state index < -0.39 is 0 Å². The number of nitrogens with zero attached hydrogens (tertiary/aromatic N) is 1. The standard InChI is InChI=1S/C11H22N2O2/c1-9-5-10(2)7-13(6-9)11(14)8-15-4-3-12/h9-10H,3-8,12H2,1-2H3. The second-order valence-corrected chi connectivity index (χ2v) is 4.59. The molecule has 1 fully saturated rings. The van der Waals surface area contributed by atoms with Gasteiger partial charge < -0.3 is 15.4 Å². The first-order valence-corrected chi connectivity index (χ1v) is 5.69. The van der Waals surface area contributed by atoms with Crippen LogP contribution in [0.15, 0.2) is 0 Å². The van der Waals surface area contributed by atoms with Gasteiger partial charge in [-0.15, -0.1) is 0 Å². The minimum Gasteiger partial charge on any atom is -0.370 e. The molecule has 0 saturated carbocycles. The highest BCUT2D eigenvalue weighted by atomic mass is 16.5. The van der Waals surface area contributed by atoms with Gasteiger partial charge in [0.25, 0.3) is 0 Å². The number of rotatable bonds is 4. The number of carbonyl (C=O) groups is 1. The van der Waals surface area contributed by atoms with Crippen molar-refractivity contribution in [2.45, 2.75) is 20.3 Å². The van der Waals surface area contributed by atoms with Crippen molar-refractivity contribution in [1.82, 2.24) is 4.90 Å². The zero-order chi connectivity index (χ0) is 11.3. The van der Waals surface area contributed by atoms with Crippen LogP contribution in [0.1, 0.15) is 20.3 Å². The Labute approximate surface area is 91.8 Å². The fourth-order valence-corrected chi connectivity index (χ4v) is 2.20. The normalized spacial score (nSPS) is 26.7. The molecule has 4 nitrogen and oxygen atoms in total. The fourth-order valence-electron chi connectivity index (χ4n) is 2.20. The molecule has 1 heterocycles. The Morgan fingerprint density at radius 3 is 2.53 bits per heavy atom. The van der Waals surface area contributed by atoms with E-state index in [0.29, 0.717) is 25.0 Å². The summed E-state index contributed by atoms with van der Waals surface area (Å²) in [5, 5.41) is 0. The number of likely N-dealkylation sites (tertiary alicyclic amines) is 1. The van der Waals surface area contributed by atoms with Gasteiger partial charge in [0.05, 0.1) is 6.61 Å². The Morgan fingerprint density at radius 2 is 2.00 bits per heavy atom. The lowest BCUT2D eigenvalue weighted by Crippen LogP contribution is -2.44. The topological polar surface area (TPSA) is 55.6 Å². The molecule has 1 rings (SSSR count). The van der Waals surface area contributed by atoms with Crippen molar-refractivity contribution >= 4 is 5.91 Å². The quantitative estimate of drug-likeness (QED) is 0.692. The summed E-state index contributed by atoms with van der Waals surface area (Å²) >= 11 is 0. The van der Waals surface area contributed by atoms with Crippen LogP contribution in [0.4, 0.5) is 0 Å². The lowest BCUT2D eigenvalue weighted by atomic mass is 9.92. The van der Waals surface area contributed by atoms with Crippen molar-refractivity contribution in [2.24, 2.45) is 17.6 Å². The molecule has 0 aromatic rings. The predicted molar refractivity (Wildman–Crippen MR) is 59.4 cm³/mol. The minimum atomic E-state index is 0.0989. The first-order valence-electron chi connectivity index (χ1n) is 5.69. The van der Waals surface area contributed by atoms with Gasteiger partial charge in [0.15, 0.2) is 0 Å². The Hall–Kier alpha value is -0.610. The van der Waals surface area contributed by atoms with E-state index >= 15 is 0 Å². The lowest BCUT2D eigenvalue weighted by Gasteiger charge is -2.34. The monoisotopic (exact) mass is 214 g/mol. The van der Waals surface area contributed by atoms with E-state index in [0.717, 1.165) is 13.1 Å². The molecular weight excluding hydrogens is 192 g/mol. The molecule has 0 spiro atoms. The molecule has 88 valence electrons. The van der Waals surface area contributed by atoms with E-state index in [2.05, 4.69) is 13.8 Å². The number of nitrogens with two attached hydrogens (primary N) is 1. The maximum Gasteiger partial charge on any atom is 0.248 e. The zero-order valence-electron chi connectivity index (χ0n) is 9.74. The van der Waals surface area contributed by atoms with Gasteiger partial charge in [-0.1, -0.05) is 13.8 Å². The first kappa shape index (κ1) is 12.5. The maximum atomic E-state index is 11.7. The van der Waals surface area contributed by atoms with E-state index in [-0.39, 0.29) is 12.5 Å². The van der Waals surface area contributed by atoms with Crippen molar-refractivity contribution in [1.29, 1.82) is 0 Å². The molecule has 2 atom stereocenters. The van der Waals surface area contributed by atoms with Crippen LogP contribution in [0.5, 0.6) is 0 Å². The number of amides is 1. The fraction of sp³-hybridized carbons (Fsp3) is 0.909. The lowest BCUT2D eigenvalue weighted by molar-refractivity contribution is -0.138. The smallest absolute Gasteiger partial charge is 0.248 e. The van der Waals surface area contributed by atoms with E-state index in [1.807, 2.05) is 4.90 Å². The van der Waals surface area contributed by atoms with Crippen LogP contribution in [-0.4, -0.2) is 43.7 Å². The molecule has 0 aromatic heterocycles. The second kappa shape index (κ2) is 6.08. The molecular formula is C11H22N2O2. The minimum absolute atomic E-state index is 0.0989. The molecule has 1 amide bonds. The molecule has 1 aliphatic heterocycles. The summed E-state index contributed by atoms with van der Waals surface area (Å²) in [4.78, 5) is 13.6. The van der Waals surface area contributed by atoms with E-state index in [4.69, 9.17) is 10.5 Å². The summed E-state index contributed by atoms with van der Waals surface area (Å²) in [7, 11) is 0. The first-order chi connectivity index (χ1) is 7.13. The van der Waals surface area contributed by atoms with Crippen LogP contribution in [0.2, 0.25) is 0 Å². The molecule has 1 aliphatic rings. The molecule has 0 aliphatic carbocycles. The van der Waals surface area contributed by atoms with Crippen molar-refractivity contribution in [3.63, 3.8) is 0 Å². The van der Waals surface area contributed by atoms with Gasteiger partial charge in [0.2, 0.25) is 5.91 Å². The molecule has 2 N–H and O–H groups in total. The molecule has 0 radical (unpaired) electrons. The highest BCUT2D eigenvalue weighted by Gasteiger charge is 2.24. The third-order valence-corrected chi connectivity index (χ3v) is 2.71. The molecule has 15 heavy (non-hydrogen) atoms. The Kier molecular flexibility index (Phi) is 5.05. The van der Waals surface area contributed by atoms with Crippen LogP contribution < -0.4 is 5.73 Å². The summed E-state index contributed by atoms with van der Waals surface area (Å²) in [5.41, 5.74) is 5.29. The van der Waals surface area contributed by atoms with E-state index in [1.54, 1.807) is 0 Å². The van der Waals surface area contributed by atoms with Gasteiger partial charge in [-0.2, -0.15) is 0 Å². The molecule has 0 bridgehead atoms.